The second kappa shape index (κ2) is 3.91. The van der Waals surface area contributed by atoms with Gasteiger partial charge < -0.3 is 5.32 Å². The van der Waals surface area contributed by atoms with E-state index in [1.54, 1.807) is 0 Å². The number of rotatable bonds is 2. The number of halogens is 2. The largest absolute Gasteiger partial charge is 0.306 e. The van der Waals surface area contributed by atoms with Gasteiger partial charge in [-0.25, -0.2) is 8.78 Å². The molecule has 0 aromatic carbocycles. The molecule has 0 radical (unpaired) electrons. The van der Waals surface area contributed by atoms with E-state index in [1.165, 1.54) is 0 Å². The van der Waals surface area contributed by atoms with Crippen LogP contribution < -0.4 is 5.32 Å². The summed E-state index contributed by atoms with van der Waals surface area (Å²) in [6.45, 7) is 5.16. The first-order valence-electron chi connectivity index (χ1n) is 5.05. The molecular formula is C10H19F2N. The van der Waals surface area contributed by atoms with E-state index < -0.39 is 12.0 Å². The van der Waals surface area contributed by atoms with Crippen molar-refractivity contribution in [3.63, 3.8) is 0 Å². The number of piperidine rings is 1. The Hall–Kier alpha value is -0.180. The summed E-state index contributed by atoms with van der Waals surface area (Å²) < 4.78 is 26.0. The zero-order valence-corrected chi connectivity index (χ0v) is 8.61. The van der Waals surface area contributed by atoms with Crippen molar-refractivity contribution in [1.82, 2.24) is 5.32 Å². The molecule has 2 atom stereocenters. The molecule has 78 valence electrons. The summed E-state index contributed by atoms with van der Waals surface area (Å²) in [5.41, 5.74) is 0. The van der Waals surface area contributed by atoms with Gasteiger partial charge in [-0.2, -0.15) is 0 Å². The molecule has 1 N–H and O–H groups in total. The highest BCUT2D eigenvalue weighted by molar-refractivity contribution is 4.88. The lowest BCUT2D eigenvalue weighted by Gasteiger charge is -2.36. The van der Waals surface area contributed by atoms with Crippen LogP contribution >= 0.6 is 0 Å². The smallest absolute Gasteiger partial charge is 0.260 e. The zero-order chi connectivity index (χ0) is 10.1. The van der Waals surface area contributed by atoms with Crippen molar-refractivity contribution in [3.8, 4) is 0 Å². The van der Waals surface area contributed by atoms with Crippen LogP contribution in [0.5, 0.6) is 0 Å². The molecule has 0 aliphatic carbocycles. The van der Waals surface area contributed by atoms with Gasteiger partial charge in [-0.05, 0) is 18.8 Å². The molecule has 1 saturated heterocycles. The third-order valence-corrected chi connectivity index (χ3v) is 2.84. The first kappa shape index (κ1) is 10.9. The predicted molar refractivity (Wildman–Crippen MR) is 50.0 cm³/mol. The van der Waals surface area contributed by atoms with E-state index in [4.69, 9.17) is 0 Å². The molecule has 0 amide bonds. The van der Waals surface area contributed by atoms with Gasteiger partial charge in [-0.1, -0.05) is 20.3 Å². The molecule has 2 unspecified atom stereocenters. The SMILES string of the molecule is CC(C)C1CCCC(C(C)(F)F)N1. The molecular weight excluding hydrogens is 172 g/mol. The van der Waals surface area contributed by atoms with Gasteiger partial charge in [-0.15, -0.1) is 0 Å². The van der Waals surface area contributed by atoms with Gasteiger partial charge in [0.2, 0.25) is 0 Å². The maximum Gasteiger partial charge on any atom is 0.260 e. The standard InChI is InChI=1S/C10H19F2N/c1-7(2)8-5-4-6-9(13-8)10(3,11)12/h7-9,13H,4-6H2,1-3H3. The van der Waals surface area contributed by atoms with E-state index in [9.17, 15) is 8.78 Å². The molecule has 13 heavy (non-hydrogen) atoms. The summed E-state index contributed by atoms with van der Waals surface area (Å²) in [6.07, 6.45) is 2.56. The maximum atomic E-state index is 13.0. The van der Waals surface area contributed by atoms with Crippen molar-refractivity contribution in [2.75, 3.05) is 0 Å². The van der Waals surface area contributed by atoms with Crippen LogP contribution in [0, 0.1) is 5.92 Å². The second-order valence-corrected chi connectivity index (χ2v) is 4.46. The fourth-order valence-electron chi connectivity index (χ4n) is 1.89. The Morgan fingerprint density at radius 1 is 1.31 bits per heavy atom. The third kappa shape index (κ3) is 2.90. The lowest BCUT2D eigenvalue weighted by Crippen LogP contribution is -2.52. The molecule has 1 heterocycles. The van der Waals surface area contributed by atoms with Crippen molar-refractivity contribution < 1.29 is 8.78 Å². The molecule has 0 spiro atoms. The van der Waals surface area contributed by atoms with Crippen molar-refractivity contribution in [2.24, 2.45) is 5.92 Å². The number of nitrogens with one attached hydrogen (secondary N) is 1. The topological polar surface area (TPSA) is 12.0 Å². The van der Waals surface area contributed by atoms with E-state index in [1.807, 2.05) is 0 Å². The molecule has 0 aromatic rings. The molecule has 1 aliphatic heterocycles. The monoisotopic (exact) mass is 191 g/mol. The first-order valence-corrected chi connectivity index (χ1v) is 5.05. The Balaban J connectivity index is 2.52. The summed E-state index contributed by atoms with van der Waals surface area (Å²) in [4.78, 5) is 0. The summed E-state index contributed by atoms with van der Waals surface area (Å²) in [6, 6.07) is -0.349. The molecule has 3 heteroatoms. The second-order valence-electron chi connectivity index (χ2n) is 4.46. The molecule has 1 rings (SSSR count). The van der Waals surface area contributed by atoms with Crippen molar-refractivity contribution in [3.05, 3.63) is 0 Å². The van der Waals surface area contributed by atoms with Crippen molar-refractivity contribution in [1.29, 1.82) is 0 Å². The highest BCUT2D eigenvalue weighted by Crippen LogP contribution is 2.27. The normalized spacial score (nSPS) is 30.9. The third-order valence-electron chi connectivity index (χ3n) is 2.84. The van der Waals surface area contributed by atoms with Gasteiger partial charge in [-0.3, -0.25) is 0 Å². The van der Waals surface area contributed by atoms with Gasteiger partial charge in [0.15, 0.2) is 0 Å². The van der Waals surface area contributed by atoms with Crippen molar-refractivity contribution in [2.45, 2.75) is 58.0 Å². The van der Waals surface area contributed by atoms with Gasteiger partial charge in [0.25, 0.3) is 5.92 Å². The van der Waals surface area contributed by atoms with E-state index >= 15 is 0 Å². The Kier molecular flexibility index (Phi) is 3.28. The van der Waals surface area contributed by atoms with Gasteiger partial charge in [0, 0.05) is 13.0 Å². The van der Waals surface area contributed by atoms with Gasteiger partial charge in [0.05, 0.1) is 6.04 Å². The number of alkyl halides is 2. The molecule has 1 nitrogen and oxygen atoms in total. The number of hydrogen-bond donors (Lipinski definition) is 1. The molecule has 0 bridgehead atoms. The van der Waals surface area contributed by atoms with Crippen LogP contribution in [0.2, 0.25) is 0 Å². The van der Waals surface area contributed by atoms with Gasteiger partial charge in [0.1, 0.15) is 0 Å². The first-order chi connectivity index (χ1) is 5.91. The average molecular weight is 191 g/mol. The van der Waals surface area contributed by atoms with Crippen LogP contribution in [0.15, 0.2) is 0 Å². The zero-order valence-electron chi connectivity index (χ0n) is 8.61. The minimum absolute atomic E-state index is 0.268. The fraction of sp³-hybridized carbons (Fsp3) is 1.00. The number of hydrogen-bond acceptors (Lipinski definition) is 1. The predicted octanol–water partition coefficient (Wildman–Crippen LogP) is 2.81. The minimum Gasteiger partial charge on any atom is -0.306 e. The van der Waals surface area contributed by atoms with E-state index in [0.717, 1.165) is 19.8 Å². The van der Waals surface area contributed by atoms with Crippen LogP contribution in [-0.2, 0) is 0 Å². The van der Waals surface area contributed by atoms with Crippen LogP contribution in [-0.4, -0.2) is 18.0 Å². The Labute approximate surface area is 78.9 Å². The Morgan fingerprint density at radius 3 is 2.38 bits per heavy atom. The highest BCUT2D eigenvalue weighted by Gasteiger charge is 2.37. The fourth-order valence-corrected chi connectivity index (χ4v) is 1.89. The summed E-state index contributed by atoms with van der Waals surface area (Å²) in [5, 5.41) is 3.04. The Bertz CT molecular complexity index is 163. The lowest BCUT2D eigenvalue weighted by atomic mass is 9.89. The van der Waals surface area contributed by atoms with Crippen LogP contribution in [0.4, 0.5) is 8.78 Å². The molecule has 1 fully saturated rings. The maximum absolute atomic E-state index is 13.0. The van der Waals surface area contributed by atoms with Crippen molar-refractivity contribution >= 4 is 0 Å². The molecule has 0 saturated carbocycles. The molecule has 1 aliphatic rings. The summed E-state index contributed by atoms with van der Waals surface area (Å²) in [7, 11) is 0. The molecule has 0 aromatic heterocycles. The quantitative estimate of drug-likeness (QED) is 0.707. The lowest BCUT2D eigenvalue weighted by molar-refractivity contribution is -0.0351. The van der Waals surface area contributed by atoms with E-state index in [2.05, 4.69) is 19.2 Å². The van der Waals surface area contributed by atoms with E-state index in [0.29, 0.717) is 12.3 Å². The summed E-state index contributed by atoms with van der Waals surface area (Å²) >= 11 is 0. The summed E-state index contributed by atoms with van der Waals surface area (Å²) in [5.74, 6) is -2.13. The Morgan fingerprint density at radius 2 is 1.92 bits per heavy atom. The van der Waals surface area contributed by atoms with Gasteiger partial charge >= 0.3 is 0 Å². The van der Waals surface area contributed by atoms with Crippen LogP contribution in [0.25, 0.3) is 0 Å². The van der Waals surface area contributed by atoms with E-state index in [-0.39, 0.29) is 6.04 Å². The minimum atomic E-state index is -2.58. The highest BCUT2D eigenvalue weighted by atomic mass is 19.3. The van der Waals surface area contributed by atoms with Crippen LogP contribution in [0.1, 0.15) is 40.0 Å². The average Bonchev–Trinajstić information content (AvgIpc) is 2.03. The van der Waals surface area contributed by atoms with Crippen LogP contribution in [0.3, 0.4) is 0 Å².